The molecule has 1 aromatic carbocycles. The fraction of sp³-hybridized carbons (Fsp3) is 0.542. The number of carbonyl (C=O) groups excluding carboxylic acids is 1. The van der Waals surface area contributed by atoms with Crippen LogP contribution < -0.4 is 10.6 Å². The van der Waals surface area contributed by atoms with E-state index in [4.69, 9.17) is 9.57 Å². The van der Waals surface area contributed by atoms with Crippen molar-refractivity contribution < 1.29 is 22.8 Å². The number of aromatic nitrogens is 1. The van der Waals surface area contributed by atoms with Crippen molar-refractivity contribution in [2.75, 3.05) is 38.2 Å². The van der Waals surface area contributed by atoms with Gasteiger partial charge in [-0.2, -0.15) is 0 Å². The normalized spacial score (nSPS) is 23.5. The molecule has 3 fully saturated rings. The Bertz CT molecular complexity index is 1200. The van der Waals surface area contributed by atoms with E-state index in [1.165, 1.54) is 23.5 Å². The molecule has 12 heteroatoms. The van der Waals surface area contributed by atoms with Crippen molar-refractivity contribution in [2.45, 2.75) is 55.0 Å². The lowest BCUT2D eigenvalue weighted by atomic mass is 10.1. The minimum absolute atomic E-state index is 0.0600. The fourth-order valence-electron chi connectivity index (χ4n) is 4.23. The number of oxime groups is 1. The Hall–Kier alpha value is -2.38. The number of nitrogens with zero attached hydrogens (tertiary/aromatic N) is 3. The molecule has 2 aromatic rings. The highest BCUT2D eigenvalue weighted by Gasteiger charge is 2.37. The van der Waals surface area contributed by atoms with Crippen LogP contribution in [0.15, 0.2) is 40.5 Å². The highest BCUT2D eigenvalue weighted by Crippen LogP contribution is 2.33. The van der Waals surface area contributed by atoms with Gasteiger partial charge in [0.15, 0.2) is 26.8 Å². The zero-order valence-electron chi connectivity index (χ0n) is 20.2. The van der Waals surface area contributed by atoms with E-state index < -0.39 is 15.7 Å². The number of nitrogens with one attached hydrogen (secondary N) is 2. The maximum absolute atomic E-state index is 13.2. The average Bonchev–Trinajstić information content (AvgIpc) is 3.45. The number of ether oxygens (including phenoxy) is 1. The third-order valence-electron chi connectivity index (χ3n) is 6.59. The minimum Gasteiger partial charge on any atom is -0.389 e. The summed E-state index contributed by atoms with van der Waals surface area (Å²) in [5.41, 5.74) is 0.525. The SMILES string of the molecule is C[C@@H]1CNCCN1Cc1cnc(NC(=O)C(=NO[C@@H]2CCOC2)c2ccc(S(=O)(=O)C3CC3)cc2)s1. The molecule has 0 radical (unpaired) electrons. The summed E-state index contributed by atoms with van der Waals surface area (Å²) in [6.45, 7) is 6.84. The first-order chi connectivity index (χ1) is 17.4. The van der Waals surface area contributed by atoms with E-state index in [1.807, 2.05) is 0 Å². The van der Waals surface area contributed by atoms with Gasteiger partial charge in [-0.05, 0) is 31.9 Å². The molecule has 10 nitrogen and oxygen atoms in total. The van der Waals surface area contributed by atoms with Crippen molar-refractivity contribution in [1.29, 1.82) is 0 Å². The van der Waals surface area contributed by atoms with Crippen LogP contribution in [0.3, 0.4) is 0 Å². The Balaban J connectivity index is 1.31. The summed E-state index contributed by atoms with van der Waals surface area (Å²) < 4.78 is 30.4. The lowest BCUT2D eigenvalue weighted by Gasteiger charge is -2.33. The molecule has 2 atom stereocenters. The standard InChI is InChI=1S/C24H31N5O5S2/c1-16-12-25-9-10-29(16)14-19-13-26-24(35-19)27-23(30)22(28-34-18-8-11-33-15-18)17-2-4-20(5-3-17)36(31,32)21-6-7-21/h2-5,13,16,18,21,25H,6-12,14-15H2,1H3,(H,26,27,30)/t16-,18-/m1/s1. The van der Waals surface area contributed by atoms with Crippen molar-refractivity contribution in [3.8, 4) is 0 Å². The Labute approximate surface area is 215 Å². The third kappa shape index (κ3) is 5.94. The summed E-state index contributed by atoms with van der Waals surface area (Å²) in [6, 6.07) is 6.69. The van der Waals surface area contributed by atoms with Crippen molar-refractivity contribution in [3.63, 3.8) is 0 Å². The maximum atomic E-state index is 13.2. The second-order valence-electron chi connectivity index (χ2n) is 9.41. The van der Waals surface area contributed by atoms with Gasteiger partial charge in [-0.3, -0.25) is 15.0 Å². The quantitative estimate of drug-likeness (QED) is 0.371. The van der Waals surface area contributed by atoms with Crippen molar-refractivity contribution >= 4 is 37.9 Å². The first kappa shape index (κ1) is 25.3. The smallest absolute Gasteiger partial charge is 0.280 e. The van der Waals surface area contributed by atoms with Gasteiger partial charge in [0.1, 0.15) is 0 Å². The molecule has 1 aliphatic carbocycles. The first-order valence-corrected chi connectivity index (χ1v) is 14.6. The van der Waals surface area contributed by atoms with Crippen LogP contribution in [0.5, 0.6) is 0 Å². The summed E-state index contributed by atoms with van der Waals surface area (Å²) in [5.74, 6) is -0.469. The predicted molar refractivity (Wildman–Crippen MR) is 137 cm³/mol. The third-order valence-corrected chi connectivity index (χ3v) is 9.76. The lowest BCUT2D eigenvalue weighted by Crippen LogP contribution is -2.49. The van der Waals surface area contributed by atoms with Gasteiger partial charge in [0, 0.05) is 55.3 Å². The summed E-state index contributed by atoms with van der Waals surface area (Å²) >= 11 is 1.43. The second-order valence-corrected chi connectivity index (χ2v) is 12.8. The molecule has 1 saturated carbocycles. The maximum Gasteiger partial charge on any atom is 0.280 e. The summed E-state index contributed by atoms with van der Waals surface area (Å²) in [6.07, 6.45) is 3.64. The molecule has 1 amide bonds. The van der Waals surface area contributed by atoms with Crippen LogP contribution in [0.25, 0.3) is 0 Å². The van der Waals surface area contributed by atoms with E-state index in [9.17, 15) is 13.2 Å². The molecule has 36 heavy (non-hydrogen) atoms. The number of piperazine rings is 1. The van der Waals surface area contributed by atoms with Gasteiger partial charge >= 0.3 is 0 Å². The van der Waals surface area contributed by atoms with E-state index in [1.54, 1.807) is 18.3 Å². The van der Waals surface area contributed by atoms with E-state index in [2.05, 4.69) is 32.6 Å². The highest BCUT2D eigenvalue weighted by atomic mass is 32.2. The molecular weight excluding hydrogens is 502 g/mol. The summed E-state index contributed by atoms with van der Waals surface area (Å²) in [4.78, 5) is 26.9. The van der Waals surface area contributed by atoms with Crippen LogP contribution in [0.2, 0.25) is 0 Å². The van der Waals surface area contributed by atoms with Gasteiger partial charge in [0.25, 0.3) is 5.91 Å². The van der Waals surface area contributed by atoms with Crippen LogP contribution in [-0.2, 0) is 30.8 Å². The van der Waals surface area contributed by atoms with Crippen molar-refractivity contribution in [3.05, 3.63) is 40.9 Å². The van der Waals surface area contributed by atoms with Crippen LogP contribution >= 0.6 is 11.3 Å². The number of rotatable bonds is 9. The molecule has 5 rings (SSSR count). The number of anilines is 1. The Kier molecular flexibility index (Phi) is 7.68. The molecule has 2 saturated heterocycles. The molecule has 2 aliphatic heterocycles. The Morgan fingerprint density at radius 1 is 1.31 bits per heavy atom. The molecule has 0 unspecified atom stereocenters. The molecule has 194 valence electrons. The summed E-state index contributed by atoms with van der Waals surface area (Å²) in [5, 5.41) is 10.6. The Morgan fingerprint density at radius 3 is 2.81 bits per heavy atom. The van der Waals surface area contributed by atoms with Crippen LogP contribution in [0.1, 0.15) is 36.6 Å². The van der Waals surface area contributed by atoms with Gasteiger partial charge < -0.3 is 14.9 Å². The van der Waals surface area contributed by atoms with Gasteiger partial charge in [-0.15, -0.1) is 11.3 Å². The van der Waals surface area contributed by atoms with Crippen LogP contribution in [0.4, 0.5) is 5.13 Å². The van der Waals surface area contributed by atoms with Gasteiger partial charge in [0.2, 0.25) is 0 Å². The predicted octanol–water partition coefficient (Wildman–Crippen LogP) is 2.02. The molecule has 3 aliphatic rings. The zero-order valence-corrected chi connectivity index (χ0v) is 21.8. The number of hydrogen-bond acceptors (Lipinski definition) is 10. The number of sulfone groups is 1. The second kappa shape index (κ2) is 10.9. The van der Waals surface area contributed by atoms with Crippen molar-refractivity contribution in [2.24, 2.45) is 5.16 Å². The highest BCUT2D eigenvalue weighted by molar-refractivity contribution is 7.92. The van der Waals surface area contributed by atoms with Gasteiger partial charge in [0.05, 0.1) is 23.4 Å². The minimum atomic E-state index is -3.32. The largest absolute Gasteiger partial charge is 0.389 e. The van der Waals surface area contributed by atoms with E-state index in [0.29, 0.717) is 49.2 Å². The van der Waals surface area contributed by atoms with Crippen molar-refractivity contribution in [1.82, 2.24) is 15.2 Å². The Morgan fingerprint density at radius 2 is 2.11 bits per heavy atom. The lowest BCUT2D eigenvalue weighted by molar-refractivity contribution is -0.110. The number of carbonyl (C=O) groups is 1. The fourth-order valence-corrected chi connectivity index (χ4v) is 6.72. The molecule has 1 aromatic heterocycles. The average molecular weight is 534 g/mol. The number of hydrogen-bond donors (Lipinski definition) is 2. The molecule has 0 bridgehead atoms. The first-order valence-electron chi connectivity index (χ1n) is 12.3. The molecule has 3 heterocycles. The topological polar surface area (TPSA) is 122 Å². The van der Waals surface area contributed by atoms with Gasteiger partial charge in [-0.25, -0.2) is 13.4 Å². The van der Waals surface area contributed by atoms with E-state index in [-0.39, 0.29) is 22.0 Å². The summed E-state index contributed by atoms with van der Waals surface area (Å²) in [7, 11) is -3.32. The van der Waals surface area contributed by atoms with Gasteiger partial charge in [-0.1, -0.05) is 17.3 Å². The van der Waals surface area contributed by atoms with E-state index >= 15 is 0 Å². The molecular formula is C24H31N5O5S2. The molecule has 0 spiro atoms. The van der Waals surface area contributed by atoms with Crippen LogP contribution in [0, 0.1) is 0 Å². The zero-order chi connectivity index (χ0) is 25.1. The number of amides is 1. The number of benzene rings is 1. The number of thiazole rings is 1. The van der Waals surface area contributed by atoms with E-state index in [0.717, 1.165) is 31.1 Å². The molecule has 2 N–H and O–H groups in total. The monoisotopic (exact) mass is 533 g/mol. The van der Waals surface area contributed by atoms with Crippen LogP contribution in [-0.4, -0.2) is 80.2 Å².